The summed E-state index contributed by atoms with van der Waals surface area (Å²) in [5, 5.41) is 354. The summed E-state index contributed by atoms with van der Waals surface area (Å²) in [5.41, 5.74) is -1.76. The molecule has 8 fully saturated rings. The molecule has 0 amide bonds. The van der Waals surface area contributed by atoms with Crippen LogP contribution in [0.3, 0.4) is 0 Å². The number of benzene rings is 4. The molecule has 52 nitrogen and oxygen atoms in total. The molecule has 7 aromatic rings. The van der Waals surface area contributed by atoms with Gasteiger partial charge in [0.25, 0.3) is 0 Å². The van der Waals surface area contributed by atoms with Crippen LogP contribution in [0.25, 0.3) is 90.9 Å². The zero-order chi connectivity index (χ0) is 103. The van der Waals surface area contributed by atoms with Gasteiger partial charge in [0, 0.05) is 68.6 Å². The van der Waals surface area contributed by atoms with E-state index in [1.165, 1.54) is 97.1 Å². The number of aromatic nitrogens is 4. The SMILES string of the molecule is OC[C@H]1O[C@@H](Oc2cc(O[C@@H]3O[C@H](CO)[C@@H](O)[C@H](O)[C@H]3O)cc(-c3c4nc(c(-c5cc(O[C@@H]6O[C@H](CO)[C@@H](O)[C@H](O)[C@H]6O)cc(O[C@@H]6O[C@H](CO)[C@@H](O)[C@H](O)[C@H]6O)c5)c5ccc([nH]5)c(-c5cc(O[C@@H]6O[C@H](CO)[C@@H](O)[C@H](O)[C@H]6O)cc(O[C@@H]6O[C@H](CO)[C@@H](O)[C@H](O)[C@H]6O)c5)c5ccc([nH]5)c(-c5cc(O[C@@H]6O[C@H](CO)[C@@H](O)[C@H](O)[C@H]6O)cc(O[C@@H]6O[C@H](CO)[C@@H](O)[C@H](O)[C@H]6O)c5)c5nc3C=C5)C=C4)c2)[C@H](O)[C@@H](O)[C@@H]1O. The van der Waals surface area contributed by atoms with Crippen molar-refractivity contribution in [1.29, 1.82) is 0 Å². The molecule has 3 aromatic heterocycles. The van der Waals surface area contributed by atoms with Crippen molar-refractivity contribution in [3.05, 3.63) is 120 Å². The van der Waals surface area contributed by atoms with Crippen molar-refractivity contribution in [2.75, 3.05) is 52.9 Å². The average Bonchev–Trinajstić information content (AvgIpc) is 1.60. The van der Waals surface area contributed by atoms with Gasteiger partial charge in [-0.2, -0.15) is 0 Å². The number of nitrogens with zero attached hydrogens (tertiary/aromatic N) is 2. The summed E-state index contributed by atoms with van der Waals surface area (Å²) in [6, 6.07) is 20.5. The van der Waals surface area contributed by atoms with Crippen molar-refractivity contribution >= 4 is 46.4 Å². The van der Waals surface area contributed by atoms with Crippen LogP contribution in [0.1, 0.15) is 22.8 Å². The van der Waals surface area contributed by atoms with Crippen LogP contribution in [0.4, 0.5) is 0 Å². The van der Waals surface area contributed by atoms with Gasteiger partial charge >= 0.3 is 0 Å². The van der Waals surface area contributed by atoms with Crippen LogP contribution in [-0.4, -0.2) is 482 Å². The Balaban J connectivity index is 0.987. The molecule has 52 heteroatoms. The van der Waals surface area contributed by atoms with Crippen molar-refractivity contribution in [2.45, 2.75) is 246 Å². The predicted octanol–water partition coefficient (Wildman–Crippen LogP) is -11.2. The van der Waals surface area contributed by atoms with Crippen molar-refractivity contribution in [2.24, 2.45) is 0 Å². The first-order valence-corrected chi connectivity index (χ1v) is 45.4. The zero-order valence-electron chi connectivity index (χ0n) is 75.0. The molecule has 0 spiro atoms. The number of rotatable bonds is 28. The van der Waals surface area contributed by atoms with Crippen LogP contribution in [0, 0.1) is 0 Å². The highest BCUT2D eigenvalue weighted by molar-refractivity contribution is 6.01. The summed E-state index contributed by atoms with van der Waals surface area (Å²) in [7, 11) is 0. The molecule has 10 aliphatic heterocycles. The Labute approximate surface area is 811 Å². The fraction of sp³-hybridized carbons (Fsp3) is 0.522. The van der Waals surface area contributed by atoms with Crippen molar-refractivity contribution in [3.8, 4) is 90.5 Å². The second kappa shape index (κ2) is 44.0. The van der Waals surface area contributed by atoms with Gasteiger partial charge in [-0.05, 0) is 119 Å². The fourth-order valence-corrected chi connectivity index (χ4v) is 18.2. The van der Waals surface area contributed by atoms with E-state index >= 15 is 0 Å². The van der Waals surface area contributed by atoms with Crippen LogP contribution < -0.4 is 37.9 Å². The smallest absolute Gasteiger partial charge is 0.229 e. The van der Waals surface area contributed by atoms with E-state index in [2.05, 4.69) is 9.97 Å². The molecule has 0 saturated carbocycles. The lowest BCUT2D eigenvalue weighted by atomic mass is 9.99. The van der Waals surface area contributed by atoms with Gasteiger partial charge in [0.1, 0.15) is 241 Å². The molecule has 786 valence electrons. The van der Waals surface area contributed by atoms with Gasteiger partial charge in [-0.3, -0.25) is 0 Å². The second-order valence-corrected chi connectivity index (χ2v) is 35.8. The fourth-order valence-electron chi connectivity index (χ4n) is 18.2. The van der Waals surface area contributed by atoms with Gasteiger partial charge in [-0.1, -0.05) is 0 Å². The molecule has 10 aliphatic rings. The Hall–Kier alpha value is -9.72. The number of aliphatic hydroxyl groups is 32. The Morgan fingerprint density at radius 3 is 0.500 bits per heavy atom. The van der Waals surface area contributed by atoms with E-state index in [0.29, 0.717) is 0 Å². The first kappa shape index (κ1) is 106. The van der Waals surface area contributed by atoms with Crippen molar-refractivity contribution < 1.29 is 239 Å². The highest BCUT2D eigenvalue weighted by Crippen LogP contribution is 2.48. The molecule has 4 aromatic carbocycles. The summed E-state index contributed by atoms with van der Waals surface area (Å²) < 4.78 is 97.5. The first-order chi connectivity index (χ1) is 68.8. The Bertz CT molecular complexity index is 5420. The lowest BCUT2D eigenvalue weighted by Crippen LogP contribution is -2.60. The minimum Gasteiger partial charge on any atom is -0.462 e. The molecular weight excluding hydrogens is 1930 g/mol. The number of hydrogen-bond donors (Lipinski definition) is 34. The Morgan fingerprint density at radius 1 is 0.188 bits per heavy atom. The molecular formula is C92H110N4O48. The van der Waals surface area contributed by atoms with Crippen LogP contribution in [0.5, 0.6) is 46.0 Å². The summed E-state index contributed by atoms with van der Waals surface area (Å²) in [6.07, 6.45) is -72.5. The molecule has 34 N–H and O–H groups in total. The van der Waals surface area contributed by atoms with E-state index < -0.39 is 344 Å². The maximum atomic E-state index is 11.6. The number of H-pyrrole nitrogens is 2. The van der Waals surface area contributed by atoms with Crippen molar-refractivity contribution in [1.82, 2.24) is 19.9 Å². The number of fused-ring (bicyclic) bond motifs is 8. The third-order valence-corrected chi connectivity index (χ3v) is 26.2. The molecule has 40 atom stereocenters. The lowest BCUT2D eigenvalue weighted by molar-refractivity contribution is -0.278. The lowest BCUT2D eigenvalue weighted by Gasteiger charge is -2.40. The maximum absolute atomic E-state index is 11.6. The third kappa shape index (κ3) is 20.9. The van der Waals surface area contributed by atoms with Crippen LogP contribution >= 0.6 is 0 Å². The largest absolute Gasteiger partial charge is 0.462 e. The molecule has 17 rings (SSSR count). The number of aliphatic hydroxyl groups excluding tert-OH is 32. The molecule has 8 bridgehead atoms. The van der Waals surface area contributed by atoms with Crippen LogP contribution in [-0.2, 0) is 37.9 Å². The predicted molar refractivity (Wildman–Crippen MR) is 476 cm³/mol. The van der Waals surface area contributed by atoms with Gasteiger partial charge in [0.2, 0.25) is 50.3 Å². The summed E-state index contributed by atoms with van der Waals surface area (Å²) in [4.78, 5) is 17.5. The first-order valence-electron chi connectivity index (χ1n) is 45.4. The monoisotopic (exact) mass is 2040 g/mol. The van der Waals surface area contributed by atoms with E-state index in [9.17, 15) is 163 Å². The Kier molecular flexibility index (Phi) is 32.3. The second-order valence-electron chi connectivity index (χ2n) is 35.8. The zero-order valence-corrected chi connectivity index (χ0v) is 75.0. The highest BCUT2D eigenvalue weighted by atomic mass is 16.8. The molecule has 13 heterocycles. The number of aromatic amines is 2. The van der Waals surface area contributed by atoms with E-state index in [0.717, 1.165) is 24.3 Å². The van der Waals surface area contributed by atoms with Crippen molar-refractivity contribution in [3.63, 3.8) is 0 Å². The van der Waals surface area contributed by atoms with Crippen LogP contribution in [0.15, 0.2) is 97.1 Å². The third-order valence-electron chi connectivity index (χ3n) is 26.2. The molecule has 0 aliphatic carbocycles. The molecule has 0 radical (unpaired) electrons. The van der Waals surface area contributed by atoms with Gasteiger partial charge in [-0.15, -0.1) is 0 Å². The van der Waals surface area contributed by atoms with Gasteiger partial charge in [0.15, 0.2) is 0 Å². The molecule has 144 heavy (non-hydrogen) atoms. The molecule has 0 unspecified atom stereocenters. The number of hydrogen-bond acceptors (Lipinski definition) is 50. The summed E-state index contributed by atoms with van der Waals surface area (Å²) in [6.45, 7) is -7.70. The standard InChI is InChI=1S/C92H110N4O48/c97-21-49-61(105)69(113)77(121)85(137-49)129-33-9-29(10-34(17-33)130-86-78(122)70(114)62(106)50(22-98)138-86)57-41-1-2-42(93-41)58(30-11-35(131-87-79(123)71(115)63(107)51(23-99)139-87)18-36(12-30)132-88-80(124)72(116)64(108)52(24-100)140-88)44-5-6-46(95-44)60(32-15-39(135-91-83(127)75(119)67(111)55(27-103)143-91)20-40(16-32)136-92-84(128)76(120)68(112)56(28-104)144-92)48-8-7-47(96-48)59(45-4-3-43(57)94-45)31-13-37(133-89-81(125)73(117)65(109)53(25-101)141-89)19-38(14-31)134-90-82(126)74(118)66(110)54(26-102)142-90/h1-20,49-56,61-94,97-128H,21-28H2/t49-,50-,51-,52-,53-,54-,55-,56-,61-,62-,63-,64-,65-,66-,67-,68-,69+,70+,71+,72+,73+,74+,75+,76+,77-,78-,79-,80-,81-,82-,83-,84-,85-,86-,87-,88-,89-,90-,91-,92-/m1/s1. The molecule has 8 saturated heterocycles. The van der Waals surface area contributed by atoms with E-state index in [4.69, 9.17) is 85.8 Å². The maximum Gasteiger partial charge on any atom is 0.229 e. The van der Waals surface area contributed by atoms with E-state index in [1.54, 1.807) is 0 Å². The number of ether oxygens (including phenoxy) is 16. The minimum atomic E-state index is -2.14. The van der Waals surface area contributed by atoms with Gasteiger partial charge in [-0.25, -0.2) is 9.97 Å². The normalized spacial score (nSPS) is 37.7. The topological polar surface area (TPSA) is 852 Å². The Morgan fingerprint density at radius 2 is 0.333 bits per heavy atom. The number of nitrogens with one attached hydrogen (secondary N) is 2. The highest BCUT2D eigenvalue weighted by Gasteiger charge is 2.54. The average molecular weight is 2040 g/mol. The van der Waals surface area contributed by atoms with Crippen LogP contribution in [0.2, 0.25) is 0 Å². The minimum absolute atomic E-state index is 0.0409. The summed E-state index contributed by atoms with van der Waals surface area (Å²) in [5.74, 6) is -3.34. The summed E-state index contributed by atoms with van der Waals surface area (Å²) >= 11 is 0. The quantitative estimate of drug-likeness (QED) is 0.0216. The van der Waals surface area contributed by atoms with E-state index in [-0.39, 0.29) is 89.4 Å². The van der Waals surface area contributed by atoms with Gasteiger partial charge in [0.05, 0.1) is 75.6 Å². The van der Waals surface area contributed by atoms with E-state index in [1.807, 2.05) is 0 Å². The van der Waals surface area contributed by atoms with Gasteiger partial charge < -0.3 is 249 Å².